The highest BCUT2D eigenvalue weighted by molar-refractivity contribution is 8.01. The van der Waals surface area contributed by atoms with Crippen LogP contribution in [0.5, 0.6) is 0 Å². The summed E-state index contributed by atoms with van der Waals surface area (Å²) >= 11 is 1.93. The van der Waals surface area contributed by atoms with Crippen molar-refractivity contribution in [1.82, 2.24) is 0 Å². The minimum Gasteiger partial charge on any atom is -0.115 e. The van der Waals surface area contributed by atoms with Crippen molar-refractivity contribution in [2.24, 2.45) is 0 Å². The molecule has 2 aromatic carbocycles. The minimum absolute atomic E-state index is 0.0996. The van der Waals surface area contributed by atoms with Crippen LogP contribution in [0.3, 0.4) is 0 Å². The molecule has 0 aliphatic carbocycles. The van der Waals surface area contributed by atoms with Crippen LogP contribution in [0.1, 0.15) is 56.4 Å². The van der Waals surface area contributed by atoms with Crippen LogP contribution in [0.2, 0.25) is 0 Å². The van der Waals surface area contributed by atoms with Crippen LogP contribution >= 0.6 is 11.8 Å². The van der Waals surface area contributed by atoms with Crippen LogP contribution in [-0.2, 0) is 6.42 Å². The largest absolute Gasteiger partial charge is 0.115 e. The van der Waals surface area contributed by atoms with Crippen LogP contribution in [-0.4, -0.2) is 4.75 Å². The van der Waals surface area contributed by atoms with Gasteiger partial charge in [-0.3, -0.25) is 0 Å². The van der Waals surface area contributed by atoms with Crippen molar-refractivity contribution < 1.29 is 0 Å². The van der Waals surface area contributed by atoms with Gasteiger partial charge in [0, 0.05) is 21.6 Å². The summed E-state index contributed by atoms with van der Waals surface area (Å²) in [7, 11) is 0. The molecule has 1 heteroatoms. The molecule has 2 aromatic rings. The summed E-state index contributed by atoms with van der Waals surface area (Å²) in [4.78, 5) is 1.35. The zero-order valence-corrected chi connectivity index (χ0v) is 15.8. The van der Waals surface area contributed by atoms with Gasteiger partial charge in [0.2, 0.25) is 0 Å². The van der Waals surface area contributed by atoms with Gasteiger partial charge < -0.3 is 0 Å². The Labute approximate surface area is 150 Å². The third-order valence-electron chi connectivity index (χ3n) is 4.22. The number of hydrogen-bond acceptors (Lipinski definition) is 1. The maximum atomic E-state index is 3.27. The van der Waals surface area contributed by atoms with E-state index < -0.39 is 0 Å². The van der Waals surface area contributed by atoms with Crippen LogP contribution in [0, 0.1) is 11.8 Å². The lowest BCUT2D eigenvalue weighted by Crippen LogP contribution is -2.16. The van der Waals surface area contributed by atoms with Crippen LogP contribution < -0.4 is 0 Å². The molecular weight excluding hydrogens is 308 g/mol. The summed E-state index contributed by atoms with van der Waals surface area (Å²) in [5, 5.41) is 0. The number of aryl methyl sites for hydroxylation is 1. The highest BCUT2D eigenvalue weighted by atomic mass is 32.2. The molecule has 0 aromatic heterocycles. The monoisotopic (exact) mass is 332 g/mol. The molecule has 0 radical (unpaired) electrons. The molecule has 24 heavy (non-hydrogen) atoms. The molecule has 1 aliphatic heterocycles. The lowest BCUT2D eigenvalue weighted by molar-refractivity contribution is 0.891. The highest BCUT2D eigenvalue weighted by Crippen LogP contribution is 2.46. The van der Waals surface area contributed by atoms with Gasteiger partial charge in [-0.2, -0.15) is 0 Å². The molecule has 1 heterocycles. The van der Waals surface area contributed by atoms with Crippen LogP contribution in [0.25, 0.3) is 5.57 Å². The summed E-state index contributed by atoms with van der Waals surface area (Å²) in [6.07, 6.45) is 4.37. The standard InChI is InChI=1S/C23H24S/c1-5-7-8-18-11-14-22-20(15-18)21(16-23(3,4)24-22)19-12-9-17(6-2)10-13-19/h9-16H,5-6H2,1-4H3. The van der Waals surface area contributed by atoms with Gasteiger partial charge in [-0.15, -0.1) is 11.8 Å². The van der Waals surface area contributed by atoms with E-state index in [1.807, 2.05) is 11.8 Å². The SMILES string of the molecule is CCC#Cc1ccc2c(c1)C(c1ccc(CC)cc1)=CC(C)(C)S2. The van der Waals surface area contributed by atoms with Crippen molar-refractivity contribution in [3.8, 4) is 11.8 Å². The van der Waals surface area contributed by atoms with E-state index in [4.69, 9.17) is 0 Å². The van der Waals surface area contributed by atoms with Crippen molar-refractivity contribution >= 4 is 17.3 Å². The van der Waals surface area contributed by atoms with Gasteiger partial charge in [0.1, 0.15) is 0 Å². The molecule has 0 N–H and O–H groups in total. The average Bonchev–Trinajstić information content (AvgIpc) is 2.59. The summed E-state index contributed by atoms with van der Waals surface area (Å²) in [5.41, 5.74) is 6.42. The highest BCUT2D eigenvalue weighted by Gasteiger charge is 2.26. The maximum absolute atomic E-state index is 3.27. The van der Waals surface area contributed by atoms with Crippen molar-refractivity contribution in [1.29, 1.82) is 0 Å². The van der Waals surface area contributed by atoms with Gasteiger partial charge in [0.05, 0.1) is 0 Å². The molecule has 3 rings (SSSR count). The molecule has 1 aliphatic rings. The lowest BCUT2D eigenvalue weighted by atomic mass is 9.92. The first-order chi connectivity index (χ1) is 11.5. The first-order valence-corrected chi connectivity index (χ1v) is 9.48. The fourth-order valence-electron chi connectivity index (χ4n) is 2.99. The molecule has 0 bridgehead atoms. The first-order valence-electron chi connectivity index (χ1n) is 8.67. The normalized spacial score (nSPS) is 15.1. The molecule has 0 atom stereocenters. The molecular formula is C23H24S. The fourth-order valence-corrected chi connectivity index (χ4v) is 4.15. The van der Waals surface area contributed by atoms with E-state index in [0.717, 1.165) is 18.4 Å². The van der Waals surface area contributed by atoms with Gasteiger partial charge in [-0.05, 0) is 60.7 Å². The molecule has 0 fully saturated rings. The zero-order chi connectivity index (χ0) is 17.2. The van der Waals surface area contributed by atoms with E-state index in [0.29, 0.717) is 0 Å². The quantitative estimate of drug-likeness (QED) is 0.579. The summed E-state index contributed by atoms with van der Waals surface area (Å²) in [6, 6.07) is 15.6. The van der Waals surface area contributed by atoms with E-state index in [9.17, 15) is 0 Å². The Morgan fingerprint density at radius 1 is 1.00 bits per heavy atom. The fraction of sp³-hybridized carbons (Fsp3) is 0.304. The Morgan fingerprint density at radius 2 is 1.75 bits per heavy atom. The number of fused-ring (bicyclic) bond motifs is 1. The Hall–Kier alpha value is -1.91. The molecule has 0 unspecified atom stereocenters. The number of benzene rings is 2. The van der Waals surface area contributed by atoms with E-state index in [-0.39, 0.29) is 4.75 Å². The van der Waals surface area contributed by atoms with Crippen molar-refractivity contribution in [2.45, 2.75) is 50.2 Å². The second-order valence-corrected chi connectivity index (χ2v) is 8.38. The smallest absolute Gasteiger partial charge is 0.0339 e. The topological polar surface area (TPSA) is 0 Å². The molecule has 0 saturated heterocycles. The second kappa shape index (κ2) is 6.91. The molecule has 0 nitrogen and oxygen atoms in total. The van der Waals surface area contributed by atoms with Crippen molar-refractivity contribution in [3.05, 3.63) is 70.8 Å². The van der Waals surface area contributed by atoms with Crippen molar-refractivity contribution in [3.63, 3.8) is 0 Å². The van der Waals surface area contributed by atoms with Gasteiger partial charge in [0.15, 0.2) is 0 Å². The second-order valence-electron chi connectivity index (χ2n) is 6.68. The lowest BCUT2D eigenvalue weighted by Gasteiger charge is -2.29. The molecule has 0 saturated carbocycles. The number of thioether (sulfide) groups is 1. The third-order valence-corrected chi connectivity index (χ3v) is 5.44. The Morgan fingerprint density at radius 3 is 2.42 bits per heavy atom. The van der Waals surface area contributed by atoms with E-state index in [2.05, 4.69) is 88.1 Å². The minimum atomic E-state index is 0.0996. The van der Waals surface area contributed by atoms with E-state index >= 15 is 0 Å². The zero-order valence-electron chi connectivity index (χ0n) is 14.9. The molecule has 122 valence electrons. The van der Waals surface area contributed by atoms with Gasteiger partial charge in [-0.25, -0.2) is 0 Å². The van der Waals surface area contributed by atoms with E-state index in [1.165, 1.54) is 27.2 Å². The Balaban J connectivity index is 2.11. The number of rotatable bonds is 2. The third kappa shape index (κ3) is 3.60. The van der Waals surface area contributed by atoms with Gasteiger partial charge in [0.25, 0.3) is 0 Å². The predicted octanol–water partition coefficient (Wildman–Crippen LogP) is 6.33. The Bertz CT molecular complexity index is 827. The first kappa shape index (κ1) is 16.9. The van der Waals surface area contributed by atoms with Gasteiger partial charge >= 0.3 is 0 Å². The van der Waals surface area contributed by atoms with Crippen LogP contribution in [0.15, 0.2) is 53.4 Å². The van der Waals surface area contributed by atoms with E-state index in [1.54, 1.807) is 0 Å². The Kier molecular flexibility index (Phi) is 4.88. The van der Waals surface area contributed by atoms with Crippen molar-refractivity contribution in [2.75, 3.05) is 0 Å². The molecule has 0 spiro atoms. The van der Waals surface area contributed by atoms with Gasteiger partial charge in [-0.1, -0.05) is 56.0 Å². The summed E-state index contributed by atoms with van der Waals surface area (Å²) in [5.74, 6) is 6.45. The maximum Gasteiger partial charge on any atom is 0.0339 e. The molecule has 0 amide bonds. The summed E-state index contributed by atoms with van der Waals surface area (Å²) < 4.78 is 0.0996. The average molecular weight is 333 g/mol. The predicted molar refractivity (Wildman–Crippen MR) is 106 cm³/mol. The summed E-state index contributed by atoms with van der Waals surface area (Å²) in [6.45, 7) is 8.85. The van der Waals surface area contributed by atoms with Crippen LogP contribution in [0.4, 0.5) is 0 Å². The number of hydrogen-bond donors (Lipinski definition) is 0.